The fraction of sp³-hybridized carbons (Fsp3) is 0.0667. The Labute approximate surface area is 398 Å². The summed E-state index contributed by atoms with van der Waals surface area (Å²) < 4.78 is 0. The Hall–Kier alpha value is -9.28. The highest BCUT2D eigenvalue weighted by Crippen LogP contribution is 2.42. The van der Waals surface area contributed by atoms with Crippen LogP contribution in [0.1, 0.15) is 22.3 Å². The summed E-state index contributed by atoms with van der Waals surface area (Å²) in [5.41, 5.74) is 22.4. The zero-order valence-corrected chi connectivity index (χ0v) is 38.5. The maximum Gasteiger partial charge on any atom is 0.0996 e. The fourth-order valence-corrected chi connectivity index (χ4v) is 11.1. The lowest BCUT2D eigenvalue weighted by Crippen LogP contribution is -1.99. The molecule has 0 spiro atoms. The zero-order valence-electron chi connectivity index (χ0n) is 38.5. The number of H-pyrrole nitrogens is 4. The molecule has 0 amide bonds. The first-order chi connectivity index (χ1) is 34.3. The van der Waals surface area contributed by atoms with E-state index in [1.807, 2.05) is 0 Å². The summed E-state index contributed by atoms with van der Waals surface area (Å²) >= 11 is 0. The molecule has 0 aliphatic heterocycles. The number of nitrogens with zero attached hydrogens (tertiary/aromatic N) is 6. The van der Waals surface area contributed by atoms with Crippen LogP contribution in [0.2, 0.25) is 0 Å². The Morgan fingerprint density at radius 1 is 0.243 bits per heavy atom. The van der Waals surface area contributed by atoms with E-state index in [9.17, 15) is 0 Å². The molecule has 0 aliphatic carbocycles. The fourth-order valence-electron chi connectivity index (χ4n) is 11.1. The third-order valence-corrected chi connectivity index (χ3v) is 14.7. The van der Waals surface area contributed by atoms with E-state index in [1.165, 1.54) is 43.8 Å². The number of para-hydroxylation sites is 4. The first-order valence-corrected chi connectivity index (χ1v) is 23.6. The molecule has 15 rings (SSSR count). The van der Waals surface area contributed by atoms with Gasteiger partial charge in [0.1, 0.15) is 0 Å². The van der Waals surface area contributed by atoms with Gasteiger partial charge in [-0.3, -0.25) is 0 Å². The van der Waals surface area contributed by atoms with Gasteiger partial charge in [-0.25, -0.2) is 29.9 Å². The minimum atomic E-state index is 0.745. The van der Waals surface area contributed by atoms with Crippen molar-refractivity contribution >= 4 is 109 Å². The molecule has 9 heterocycles. The number of rotatable bonds is 4. The molecular formula is C60H40N10. The van der Waals surface area contributed by atoms with Crippen LogP contribution >= 0.6 is 0 Å². The van der Waals surface area contributed by atoms with Gasteiger partial charge in [-0.2, -0.15) is 0 Å². The second kappa shape index (κ2) is 14.1. The number of nitrogens with one attached hydrogen (secondary N) is 4. The van der Waals surface area contributed by atoms with Crippen LogP contribution in [0.3, 0.4) is 0 Å². The number of aromatic nitrogens is 10. The number of hydrogen-bond donors (Lipinski definition) is 4. The third kappa shape index (κ3) is 5.38. The quantitative estimate of drug-likeness (QED) is 0.102. The van der Waals surface area contributed by atoms with Crippen molar-refractivity contribution in [3.8, 4) is 45.0 Å². The van der Waals surface area contributed by atoms with Crippen molar-refractivity contribution in [1.29, 1.82) is 0 Å². The lowest BCUT2D eigenvalue weighted by molar-refractivity contribution is 1.34. The van der Waals surface area contributed by atoms with Gasteiger partial charge in [-0.15, -0.1) is 0 Å². The molecule has 0 radical (unpaired) electrons. The lowest BCUT2D eigenvalue weighted by atomic mass is 10.00. The van der Waals surface area contributed by atoms with Crippen molar-refractivity contribution in [3.05, 3.63) is 168 Å². The van der Waals surface area contributed by atoms with Crippen LogP contribution in [-0.2, 0) is 0 Å². The van der Waals surface area contributed by atoms with E-state index in [-0.39, 0.29) is 0 Å². The normalized spacial score (nSPS) is 12.3. The standard InChI is InChI=1S/C60H40N10/c1-29-25-61-49-33(29)9-5-13-37(49)45-21-17-41-53(65-45)54-42(18-22-46(66-54)38-14-6-10-34-30(2)26-62-50(34)38)58-57(41)69-59-43-19-23-47(39-15-7-11-35-31(3)27-63-51(35)39)67-55(43)56-44(60(59)70-58)20-24-48(68-56)40-16-8-12-36-32(4)28-64-52(36)40/h5-28,61-64H,1-4H3. The van der Waals surface area contributed by atoms with Gasteiger partial charge in [0.05, 0.1) is 89.0 Å². The van der Waals surface area contributed by atoms with E-state index in [0.29, 0.717) is 0 Å². The lowest BCUT2D eigenvalue weighted by Gasteiger charge is -2.15. The topological polar surface area (TPSA) is 140 Å². The molecule has 4 N–H and O–H groups in total. The molecule has 0 bridgehead atoms. The molecule has 10 heteroatoms. The number of hydrogen-bond acceptors (Lipinski definition) is 6. The number of aryl methyl sites for hydroxylation is 4. The zero-order chi connectivity index (χ0) is 46.5. The molecule has 10 nitrogen and oxygen atoms in total. The number of pyridine rings is 4. The maximum absolute atomic E-state index is 5.67. The Morgan fingerprint density at radius 3 is 0.714 bits per heavy atom. The smallest absolute Gasteiger partial charge is 0.0996 e. The van der Waals surface area contributed by atoms with E-state index >= 15 is 0 Å². The average Bonchev–Trinajstić information content (AvgIpc) is 4.20. The van der Waals surface area contributed by atoms with E-state index in [2.05, 4.69) is 194 Å². The van der Waals surface area contributed by atoms with E-state index < -0.39 is 0 Å². The molecule has 9 aromatic heterocycles. The van der Waals surface area contributed by atoms with Gasteiger partial charge in [0.2, 0.25) is 0 Å². The highest BCUT2D eigenvalue weighted by molar-refractivity contribution is 6.27. The van der Waals surface area contributed by atoms with Crippen LogP contribution in [-0.4, -0.2) is 49.8 Å². The number of fused-ring (bicyclic) bond motifs is 16. The Kier molecular flexibility index (Phi) is 7.83. The van der Waals surface area contributed by atoms with E-state index in [4.69, 9.17) is 29.9 Å². The van der Waals surface area contributed by atoms with Crippen molar-refractivity contribution in [2.45, 2.75) is 27.7 Å². The van der Waals surface area contributed by atoms with Crippen molar-refractivity contribution < 1.29 is 0 Å². The van der Waals surface area contributed by atoms with Gasteiger partial charge in [0.25, 0.3) is 0 Å². The Balaban J connectivity index is 1.05. The summed E-state index contributed by atoms with van der Waals surface area (Å²) in [6.07, 6.45) is 8.23. The van der Waals surface area contributed by atoms with Crippen LogP contribution in [0.5, 0.6) is 0 Å². The summed E-state index contributed by atoms with van der Waals surface area (Å²) in [6, 6.07) is 42.5. The first kappa shape index (κ1) is 38.8. The number of benzene rings is 6. The molecule has 70 heavy (non-hydrogen) atoms. The molecule has 0 saturated heterocycles. The molecule has 0 fully saturated rings. The summed E-state index contributed by atoms with van der Waals surface area (Å²) in [4.78, 5) is 47.5. The summed E-state index contributed by atoms with van der Waals surface area (Å²) in [5.74, 6) is 0. The second-order valence-corrected chi connectivity index (χ2v) is 18.8. The molecule has 330 valence electrons. The summed E-state index contributed by atoms with van der Waals surface area (Å²) in [5, 5.41) is 8.14. The Morgan fingerprint density at radius 2 is 0.471 bits per heavy atom. The molecule has 0 saturated carbocycles. The highest BCUT2D eigenvalue weighted by atomic mass is 14.9. The van der Waals surface area contributed by atoms with Crippen molar-refractivity contribution in [3.63, 3.8) is 0 Å². The SMILES string of the molecule is Cc1c[nH]c2c(-c3ccc4c(n3)c3nc(-c5cccc6c(C)c[nH]c56)ccc3c3nc5c6ccc(-c7cccc8c(C)c[nH]c78)nc6c6nc(-c7cccc8c(C)c[nH]c78)ccc6c5nc43)cccc12. The number of aromatic amines is 4. The average molecular weight is 901 g/mol. The maximum atomic E-state index is 5.67. The Bertz CT molecular complexity index is 4180. The van der Waals surface area contributed by atoms with E-state index in [0.717, 1.165) is 133 Å². The van der Waals surface area contributed by atoms with Gasteiger partial charge >= 0.3 is 0 Å². The largest absolute Gasteiger partial charge is 0.360 e. The van der Waals surface area contributed by atoms with Crippen LogP contribution in [0.25, 0.3) is 154 Å². The molecule has 15 aromatic rings. The van der Waals surface area contributed by atoms with Crippen molar-refractivity contribution in [2.24, 2.45) is 0 Å². The van der Waals surface area contributed by atoms with Crippen LogP contribution in [0.15, 0.2) is 146 Å². The van der Waals surface area contributed by atoms with Gasteiger partial charge in [-0.05, 0) is 98.5 Å². The molecule has 0 aliphatic rings. The van der Waals surface area contributed by atoms with Gasteiger partial charge in [0, 0.05) is 90.1 Å². The predicted octanol–water partition coefficient (Wildman–Crippen LogP) is 14.8. The monoisotopic (exact) mass is 900 g/mol. The molecule has 6 aromatic carbocycles. The molecule has 0 unspecified atom stereocenters. The third-order valence-electron chi connectivity index (χ3n) is 14.7. The molecular weight excluding hydrogens is 861 g/mol. The second-order valence-electron chi connectivity index (χ2n) is 18.8. The van der Waals surface area contributed by atoms with Crippen molar-refractivity contribution in [1.82, 2.24) is 49.8 Å². The van der Waals surface area contributed by atoms with E-state index in [1.54, 1.807) is 0 Å². The van der Waals surface area contributed by atoms with Gasteiger partial charge in [0.15, 0.2) is 0 Å². The van der Waals surface area contributed by atoms with Gasteiger partial charge in [-0.1, -0.05) is 72.8 Å². The van der Waals surface area contributed by atoms with Crippen LogP contribution in [0.4, 0.5) is 0 Å². The van der Waals surface area contributed by atoms with Crippen LogP contribution < -0.4 is 0 Å². The highest BCUT2D eigenvalue weighted by Gasteiger charge is 2.23. The first-order valence-electron chi connectivity index (χ1n) is 23.6. The van der Waals surface area contributed by atoms with Crippen LogP contribution in [0, 0.1) is 27.7 Å². The minimum absolute atomic E-state index is 0.745. The van der Waals surface area contributed by atoms with Crippen molar-refractivity contribution in [2.75, 3.05) is 0 Å². The van der Waals surface area contributed by atoms with Gasteiger partial charge < -0.3 is 19.9 Å². The predicted molar refractivity (Wildman–Crippen MR) is 286 cm³/mol. The molecule has 0 atom stereocenters. The summed E-state index contributed by atoms with van der Waals surface area (Å²) in [7, 11) is 0. The summed E-state index contributed by atoms with van der Waals surface area (Å²) in [6.45, 7) is 8.51. The minimum Gasteiger partial charge on any atom is -0.360 e.